The molecule has 0 aromatic heterocycles. The van der Waals surface area contributed by atoms with Gasteiger partial charge in [-0.25, -0.2) is 4.39 Å². The molecule has 2 aromatic carbocycles. The first kappa shape index (κ1) is 15.5. The molecule has 0 radical (unpaired) electrons. The van der Waals surface area contributed by atoms with Crippen molar-refractivity contribution in [3.63, 3.8) is 0 Å². The number of aliphatic hydroxyl groups excluding tert-OH is 1. The maximum atomic E-state index is 14.1. The number of rotatable bonds is 5. The van der Waals surface area contributed by atoms with Crippen LogP contribution in [0, 0.1) is 12.7 Å². The molecule has 0 aliphatic rings. The molecule has 2 aromatic rings. The molecule has 0 saturated heterocycles. The van der Waals surface area contributed by atoms with E-state index in [1.54, 1.807) is 6.07 Å². The third-order valence-corrected chi connectivity index (χ3v) is 3.67. The number of hydrogen-bond donors (Lipinski definition) is 2. The van der Waals surface area contributed by atoms with Gasteiger partial charge in [0.2, 0.25) is 0 Å². The first-order chi connectivity index (χ1) is 10.1. The fraction of sp³-hybridized carbons (Fsp3) is 0.294. The van der Waals surface area contributed by atoms with Crippen LogP contribution in [0.15, 0.2) is 42.5 Å². The van der Waals surface area contributed by atoms with Gasteiger partial charge in [-0.1, -0.05) is 29.8 Å². The summed E-state index contributed by atoms with van der Waals surface area (Å²) in [6, 6.07) is 12.2. The normalized spacial score (nSPS) is 13.8. The van der Waals surface area contributed by atoms with E-state index in [1.165, 1.54) is 19.2 Å². The molecular weight excluding hydrogens is 269 g/mol. The predicted octanol–water partition coefficient (Wildman–Crippen LogP) is 2.92. The minimum absolute atomic E-state index is 0.229. The van der Waals surface area contributed by atoms with Gasteiger partial charge < -0.3 is 15.6 Å². The number of ether oxygens (including phenoxy) is 1. The summed E-state index contributed by atoms with van der Waals surface area (Å²) in [5, 5.41) is 10.5. The second-order valence-corrected chi connectivity index (χ2v) is 5.09. The third kappa shape index (κ3) is 3.40. The van der Waals surface area contributed by atoms with Crippen LogP contribution >= 0.6 is 0 Å². The Bertz CT molecular complexity index is 598. The minimum atomic E-state index is -0.997. The lowest BCUT2D eigenvalue weighted by molar-refractivity contribution is 0.143. The SMILES string of the molecule is COc1ccc(C(O)C(CN)c2ccc(C)cc2)c(F)c1. The Labute approximate surface area is 124 Å². The van der Waals surface area contributed by atoms with Crippen molar-refractivity contribution < 1.29 is 14.2 Å². The van der Waals surface area contributed by atoms with Crippen molar-refractivity contribution in [3.05, 3.63) is 65.0 Å². The molecule has 0 saturated carbocycles. The Balaban J connectivity index is 2.31. The van der Waals surface area contributed by atoms with Crippen molar-refractivity contribution in [2.75, 3.05) is 13.7 Å². The van der Waals surface area contributed by atoms with Crippen molar-refractivity contribution in [3.8, 4) is 5.75 Å². The average molecular weight is 289 g/mol. The summed E-state index contributed by atoms with van der Waals surface area (Å²) >= 11 is 0. The average Bonchev–Trinajstić information content (AvgIpc) is 2.49. The molecule has 0 spiro atoms. The second-order valence-electron chi connectivity index (χ2n) is 5.09. The first-order valence-electron chi connectivity index (χ1n) is 6.85. The zero-order valence-corrected chi connectivity index (χ0v) is 12.2. The van der Waals surface area contributed by atoms with Crippen LogP contribution in [0.3, 0.4) is 0 Å². The maximum absolute atomic E-state index is 14.1. The Morgan fingerprint density at radius 2 is 1.86 bits per heavy atom. The van der Waals surface area contributed by atoms with Gasteiger partial charge in [-0.2, -0.15) is 0 Å². The Morgan fingerprint density at radius 3 is 2.38 bits per heavy atom. The Kier molecular flexibility index (Phi) is 4.94. The summed E-state index contributed by atoms with van der Waals surface area (Å²) in [5.41, 5.74) is 8.03. The van der Waals surface area contributed by atoms with Crippen LogP contribution in [0.25, 0.3) is 0 Å². The van der Waals surface area contributed by atoms with E-state index in [0.29, 0.717) is 5.75 Å². The van der Waals surface area contributed by atoms with Crippen LogP contribution in [-0.4, -0.2) is 18.8 Å². The van der Waals surface area contributed by atoms with Crippen molar-refractivity contribution in [1.82, 2.24) is 0 Å². The molecule has 2 atom stereocenters. The second kappa shape index (κ2) is 6.70. The molecule has 0 fully saturated rings. The highest BCUT2D eigenvalue weighted by molar-refractivity contribution is 5.33. The van der Waals surface area contributed by atoms with Crippen LogP contribution in [0.2, 0.25) is 0 Å². The number of aliphatic hydroxyl groups is 1. The number of benzene rings is 2. The van der Waals surface area contributed by atoms with E-state index in [2.05, 4.69) is 0 Å². The van der Waals surface area contributed by atoms with Crippen LogP contribution in [0.4, 0.5) is 4.39 Å². The molecule has 112 valence electrons. The fourth-order valence-corrected chi connectivity index (χ4v) is 2.35. The van der Waals surface area contributed by atoms with Crippen molar-refractivity contribution >= 4 is 0 Å². The zero-order valence-electron chi connectivity index (χ0n) is 12.2. The smallest absolute Gasteiger partial charge is 0.132 e. The van der Waals surface area contributed by atoms with E-state index in [4.69, 9.17) is 10.5 Å². The summed E-state index contributed by atoms with van der Waals surface area (Å²) in [7, 11) is 1.47. The number of nitrogens with two attached hydrogens (primary N) is 1. The lowest BCUT2D eigenvalue weighted by atomic mass is 9.88. The largest absolute Gasteiger partial charge is 0.497 e. The lowest BCUT2D eigenvalue weighted by Crippen LogP contribution is -2.21. The van der Waals surface area contributed by atoms with Gasteiger partial charge in [0.25, 0.3) is 0 Å². The molecule has 0 aliphatic carbocycles. The Morgan fingerprint density at radius 1 is 1.19 bits per heavy atom. The zero-order chi connectivity index (χ0) is 15.4. The highest BCUT2D eigenvalue weighted by Gasteiger charge is 2.24. The third-order valence-electron chi connectivity index (χ3n) is 3.67. The number of methoxy groups -OCH3 is 1. The Hall–Kier alpha value is -1.91. The molecule has 0 heterocycles. The summed E-state index contributed by atoms with van der Waals surface area (Å²) in [6.45, 7) is 2.22. The highest BCUT2D eigenvalue weighted by Crippen LogP contribution is 2.32. The standard InChI is InChI=1S/C17H20FNO2/c1-11-3-5-12(6-4-11)15(10-19)17(20)14-8-7-13(21-2)9-16(14)18/h3-9,15,17,20H,10,19H2,1-2H3. The van der Waals surface area contributed by atoms with E-state index >= 15 is 0 Å². The van der Waals surface area contributed by atoms with Gasteiger partial charge in [0.15, 0.2) is 0 Å². The quantitative estimate of drug-likeness (QED) is 0.890. The molecule has 3 nitrogen and oxygen atoms in total. The molecule has 4 heteroatoms. The van der Waals surface area contributed by atoms with Gasteiger partial charge in [0.05, 0.1) is 13.2 Å². The van der Waals surface area contributed by atoms with Gasteiger partial charge in [-0.15, -0.1) is 0 Å². The highest BCUT2D eigenvalue weighted by atomic mass is 19.1. The molecule has 0 amide bonds. The van der Waals surface area contributed by atoms with Crippen molar-refractivity contribution in [2.45, 2.75) is 18.9 Å². The summed E-state index contributed by atoms with van der Waals surface area (Å²) in [5.74, 6) is -0.427. The van der Waals surface area contributed by atoms with Gasteiger partial charge in [-0.05, 0) is 24.6 Å². The van der Waals surface area contributed by atoms with Crippen LogP contribution < -0.4 is 10.5 Å². The molecule has 3 N–H and O–H groups in total. The van der Waals surface area contributed by atoms with Gasteiger partial charge >= 0.3 is 0 Å². The van der Waals surface area contributed by atoms with Gasteiger partial charge in [0, 0.05) is 24.1 Å². The first-order valence-corrected chi connectivity index (χ1v) is 6.85. The summed E-state index contributed by atoms with van der Waals surface area (Å²) in [4.78, 5) is 0. The molecule has 21 heavy (non-hydrogen) atoms. The van der Waals surface area contributed by atoms with Crippen molar-refractivity contribution in [1.29, 1.82) is 0 Å². The lowest BCUT2D eigenvalue weighted by Gasteiger charge is -2.23. The van der Waals surface area contributed by atoms with Gasteiger partial charge in [0.1, 0.15) is 11.6 Å². The molecule has 2 rings (SSSR count). The summed E-state index contributed by atoms with van der Waals surface area (Å²) < 4.78 is 19.1. The predicted molar refractivity (Wildman–Crippen MR) is 80.9 cm³/mol. The maximum Gasteiger partial charge on any atom is 0.132 e. The van der Waals surface area contributed by atoms with E-state index in [-0.39, 0.29) is 18.0 Å². The summed E-state index contributed by atoms with van der Waals surface area (Å²) in [6.07, 6.45) is -0.997. The van der Waals surface area contributed by atoms with Crippen LogP contribution in [0.1, 0.15) is 28.7 Å². The molecular formula is C17H20FNO2. The van der Waals surface area contributed by atoms with E-state index in [0.717, 1.165) is 11.1 Å². The number of hydrogen-bond acceptors (Lipinski definition) is 3. The topological polar surface area (TPSA) is 55.5 Å². The van der Waals surface area contributed by atoms with E-state index < -0.39 is 11.9 Å². The van der Waals surface area contributed by atoms with Crippen molar-refractivity contribution in [2.24, 2.45) is 5.73 Å². The number of halogens is 1. The van der Waals surface area contributed by atoms with E-state index in [9.17, 15) is 9.50 Å². The van der Waals surface area contributed by atoms with Gasteiger partial charge in [-0.3, -0.25) is 0 Å². The van der Waals surface area contributed by atoms with Crippen LogP contribution in [-0.2, 0) is 0 Å². The molecule has 0 aliphatic heterocycles. The fourth-order valence-electron chi connectivity index (χ4n) is 2.35. The number of aryl methyl sites for hydroxylation is 1. The van der Waals surface area contributed by atoms with Crippen LogP contribution in [0.5, 0.6) is 5.75 Å². The molecule has 0 bridgehead atoms. The monoisotopic (exact) mass is 289 g/mol. The minimum Gasteiger partial charge on any atom is -0.497 e. The van der Waals surface area contributed by atoms with E-state index in [1.807, 2.05) is 31.2 Å². The molecule has 2 unspecified atom stereocenters.